The first kappa shape index (κ1) is 18.9. The van der Waals surface area contributed by atoms with Gasteiger partial charge in [0.1, 0.15) is 17.3 Å². The predicted octanol–water partition coefficient (Wildman–Crippen LogP) is 4.41. The van der Waals surface area contributed by atoms with Gasteiger partial charge in [-0.15, -0.1) is 10.2 Å². The molecule has 3 heterocycles. The van der Waals surface area contributed by atoms with E-state index >= 15 is 0 Å². The Kier molecular flexibility index (Phi) is 4.86. The largest absolute Gasteiger partial charge is 0.396 e. The molecule has 0 spiro atoms. The molecule has 2 aromatic heterocycles. The molecule has 1 aromatic carbocycles. The minimum Gasteiger partial charge on any atom is -0.369 e. The van der Waals surface area contributed by atoms with Crippen molar-refractivity contribution in [1.82, 2.24) is 19.8 Å². The van der Waals surface area contributed by atoms with Crippen molar-refractivity contribution >= 4 is 22.9 Å². The molecule has 1 saturated heterocycles. The lowest BCUT2D eigenvalue weighted by Crippen LogP contribution is -2.33. The summed E-state index contributed by atoms with van der Waals surface area (Å²) in [5, 5.41) is 11.6. The van der Waals surface area contributed by atoms with E-state index in [4.69, 9.17) is 11.6 Å². The first-order chi connectivity index (χ1) is 13.3. The highest BCUT2D eigenvalue weighted by Gasteiger charge is 2.32. The van der Waals surface area contributed by atoms with Gasteiger partial charge in [-0.05, 0) is 30.4 Å². The molecular weight excluding hydrogens is 398 g/mol. The van der Waals surface area contributed by atoms with E-state index < -0.39 is 12.6 Å². The van der Waals surface area contributed by atoms with Crippen LogP contribution in [0.15, 0.2) is 30.5 Å². The van der Waals surface area contributed by atoms with E-state index in [1.807, 2.05) is 11.0 Å². The van der Waals surface area contributed by atoms with Gasteiger partial charge in [0.2, 0.25) is 0 Å². The van der Waals surface area contributed by atoms with Crippen LogP contribution in [-0.2, 0) is 6.42 Å². The zero-order chi connectivity index (χ0) is 19.9. The minimum atomic E-state index is -4.41. The lowest BCUT2D eigenvalue weighted by Gasteiger charge is -2.34. The molecule has 0 atom stereocenters. The number of halogens is 5. The lowest BCUT2D eigenvalue weighted by atomic mass is 9.89. The SMILES string of the molecule is Fc1ccccc1C1CCN(c2cnn3c(CC(F)(F)F)nnc3c2Cl)CC1. The molecule has 28 heavy (non-hydrogen) atoms. The number of piperidine rings is 1. The highest BCUT2D eigenvalue weighted by molar-refractivity contribution is 6.36. The molecule has 0 N–H and O–H groups in total. The van der Waals surface area contributed by atoms with Gasteiger partial charge in [0.05, 0.1) is 11.9 Å². The Morgan fingerprint density at radius 1 is 1.11 bits per heavy atom. The van der Waals surface area contributed by atoms with E-state index in [9.17, 15) is 17.6 Å². The summed E-state index contributed by atoms with van der Waals surface area (Å²) in [4.78, 5) is 1.99. The fraction of sp³-hybridized carbons (Fsp3) is 0.389. The van der Waals surface area contributed by atoms with Crippen LogP contribution in [0.4, 0.5) is 23.2 Å². The Morgan fingerprint density at radius 2 is 1.82 bits per heavy atom. The number of fused-ring (bicyclic) bond motifs is 1. The first-order valence-electron chi connectivity index (χ1n) is 8.78. The molecule has 1 aliphatic rings. The van der Waals surface area contributed by atoms with Crippen molar-refractivity contribution in [2.24, 2.45) is 0 Å². The number of hydrogen-bond acceptors (Lipinski definition) is 4. The number of nitrogens with zero attached hydrogens (tertiary/aromatic N) is 5. The van der Waals surface area contributed by atoms with Crippen molar-refractivity contribution < 1.29 is 17.6 Å². The normalized spacial score (nSPS) is 16.1. The summed E-state index contributed by atoms with van der Waals surface area (Å²) < 4.78 is 53.0. The monoisotopic (exact) mass is 413 g/mol. The Bertz CT molecular complexity index is 995. The zero-order valence-corrected chi connectivity index (χ0v) is 15.4. The fourth-order valence-corrected chi connectivity index (χ4v) is 3.89. The van der Waals surface area contributed by atoms with Crippen LogP contribution in [0.5, 0.6) is 0 Å². The van der Waals surface area contributed by atoms with Gasteiger partial charge in [0.25, 0.3) is 0 Å². The third-order valence-electron chi connectivity index (χ3n) is 4.96. The number of anilines is 1. The second-order valence-corrected chi connectivity index (χ2v) is 7.15. The van der Waals surface area contributed by atoms with Gasteiger partial charge in [0, 0.05) is 13.1 Å². The molecule has 0 aliphatic carbocycles. The van der Waals surface area contributed by atoms with Gasteiger partial charge < -0.3 is 4.90 Å². The molecule has 0 radical (unpaired) electrons. The summed E-state index contributed by atoms with van der Waals surface area (Å²) in [7, 11) is 0. The van der Waals surface area contributed by atoms with Crippen molar-refractivity contribution in [3.8, 4) is 0 Å². The molecular formula is C18H16ClF4N5. The van der Waals surface area contributed by atoms with Gasteiger partial charge in [0.15, 0.2) is 11.5 Å². The van der Waals surface area contributed by atoms with Crippen LogP contribution in [0.2, 0.25) is 5.02 Å². The molecule has 4 rings (SSSR count). The molecule has 1 fully saturated rings. The third kappa shape index (κ3) is 3.63. The third-order valence-corrected chi connectivity index (χ3v) is 5.32. The second kappa shape index (κ2) is 7.20. The molecule has 0 saturated carbocycles. The second-order valence-electron chi connectivity index (χ2n) is 6.77. The maximum Gasteiger partial charge on any atom is 0.396 e. The Morgan fingerprint density at radius 3 is 2.50 bits per heavy atom. The average Bonchev–Trinajstić information content (AvgIpc) is 3.05. The quantitative estimate of drug-likeness (QED) is 0.597. The number of benzene rings is 1. The van der Waals surface area contributed by atoms with E-state index in [-0.39, 0.29) is 28.2 Å². The van der Waals surface area contributed by atoms with Gasteiger partial charge in [-0.25, -0.2) is 4.39 Å². The molecule has 3 aromatic rings. The Labute approximate surface area is 162 Å². The lowest BCUT2D eigenvalue weighted by molar-refractivity contribution is -0.128. The average molecular weight is 414 g/mol. The highest BCUT2D eigenvalue weighted by Crippen LogP contribution is 2.35. The van der Waals surface area contributed by atoms with E-state index in [2.05, 4.69) is 15.3 Å². The summed E-state index contributed by atoms with van der Waals surface area (Å²) in [5.41, 5.74) is 1.39. The van der Waals surface area contributed by atoms with Crippen molar-refractivity contribution in [2.45, 2.75) is 31.4 Å². The number of alkyl halides is 3. The predicted molar refractivity (Wildman–Crippen MR) is 96.1 cm³/mol. The fourth-order valence-electron chi connectivity index (χ4n) is 3.60. The van der Waals surface area contributed by atoms with Crippen molar-refractivity contribution in [1.29, 1.82) is 0 Å². The molecule has 5 nitrogen and oxygen atoms in total. The van der Waals surface area contributed by atoms with E-state index in [1.165, 1.54) is 12.3 Å². The van der Waals surface area contributed by atoms with Crippen LogP contribution >= 0.6 is 11.6 Å². The molecule has 10 heteroatoms. The van der Waals surface area contributed by atoms with Crippen molar-refractivity contribution in [3.63, 3.8) is 0 Å². The van der Waals surface area contributed by atoms with E-state index in [0.29, 0.717) is 24.3 Å². The van der Waals surface area contributed by atoms with Gasteiger partial charge >= 0.3 is 6.18 Å². The smallest absolute Gasteiger partial charge is 0.369 e. The van der Waals surface area contributed by atoms with Crippen LogP contribution < -0.4 is 4.90 Å². The van der Waals surface area contributed by atoms with E-state index in [1.54, 1.807) is 12.1 Å². The van der Waals surface area contributed by atoms with Crippen molar-refractivity contribution in [2.75, 3.05) is 18.0 Å². The first-order valence-corrected chi connectivity index (χ1v) is 9.16. The molecule has 148 valence electrons. The summed E-state index contributed by atoms with van der Waals surface area (Å²) in [6, 6.07) is 6.75. The minimum absolute atomic E-state index is 0.0923. The number of rotatable bonds is 3. The van der Waals surface area contributed by atoms with Crippen LogP contribution in [0.25, 0.3) is 5.65 Å². The molecule has 0 bridgehead atoms. The molecule has 1 aliphatic heterocycles. The van der Waals surface area contributed by atoms with Gasteiger partial charge in [-0.3, -0.25) is 0 Å². The van der Waals surface area contributed by atoms with E-state index in [0.717, 1.165) is 17.4 Å². The zero-order valence-electron chi connectivity index (χ0n) is 14.6. The standard InChI is InChI=1S/C18H16ClF4N5/c19-16-14(10-24-28-15(9-18(21,22)23)25-26-17(16)28)27-7-5-11(6-8-27)12-3-1-2-4-13(12)20/h1-4,10-11H,5-9H2. The number of aromatic nitrogens is 4. The molecule has 0 amide bonds. The Hall–Kier alpha value is -2.42. The molecule has 0 unspecified atom stereocenters. The Balaban J connectivity index is 1.54. The van der Waals surface area contributed by atoms with Gasteiger partial charge in [-0.1, -0.05) is 29.8 Å². The maximum absolute atomic E-state index is 14.0. The summed E-state index contributed by atoms with van der Waals surface area (Å²) in [5.74, 6) is -0.406. The van der Waals surface area contributed by atoms with Crippen LogP contribution in [0.1, 0.15) is 30.1 Å². The van der Waals surface area contributed by atoms with Gasteiger partial charge in [-0.2, -0.15) is 22.8 Å². The summed E-state index contributed by atoms with van der Waals surface area (Å²) in [6.45, 7) is 1.25. The van der Waals surface area contributed by atoms with Crippen LogP contribution in [-0.4, -0.2) is 39.1 Å². The van der Waals surface area contributed by atoms with Crippen molar-refractivity contribution in [3.05, 3.63) is 52.7 Å². The van der Waals surface area contributed by atoms with Crippen LogP contribution in [0, 0.1) is 5.82 Å². The van der Waals surface area contributed by atoms with Crippen LogP contribution in [0.3, 0.4) is 0 Å². The highest BCUT2D eigenvalue weighted by atomic mass is 35.5. The maximum atomic E-state index is 14.0. The summed E-state index contributed by atoms with van der Waals surface area (Å²) >= 11 is 6.39. The number of hydrogen-bond donors (Lipinski definition) is 0. The topological polar surface area (TPSA) is 46.3 Å². The summed E-state index contributed by atoms with van der Waals surface area (Å²) in [6.07, 6.45) is -2.75.